The minimum absolute atomic E-state index is 0.197. The third kappa shape index (κ3) is 4.69. The molecule has 1 aromatic heterocycles. The first-order valence-corrected chi connectivity index (χ1v) is 5.10. The molecule has 17 heavy (non-hydrogen) atoms. The monoisotopic (exact) mass is 258 g/mol. The predicted octanol–water partition coefficient (Wildman–Crippen LogP) is 0.703. The van der Waals surface area contributed by atoms with E-state index in [1.165, 1.54) is 25.4 Å². The number of carbonyl (C=O) groups is 2. The van der Waals surface area contributed by atoms with Gasteiger partial charge in [0.2, 0.25) is 5.91 Å². The molecule has 1 heterocycles. The Hall–Kier alpha value is -1.82. The number of nitrogens with zero attached hydrogens (tertiary/aromatic N) is 1. The van der Waals surface area contributed by atoms with Crippen molar-refractivity contribution in [2.75, 3.05) is 6.61 Å². The summed E-state index contributed by atoms with van der Waals surface area (Å²) in [4.78, 5) is 25.3. The first-order valence-electron chi connectivity index (χ1n) is 4.72. The number of aliphatic carboxylic acids is 1. The molecule has 0 saturated heterocycles. The van der Waals surface area contributed by atoms with Gasteiger partial charge >= 0.3 is 5.97 Å². The van der Waals surface area contributed by atoms with E-state index in [2.05, 4.69) is 10.3 Å². The number of aromatic nitrogens is 1. The van der Waals surface area contributed by atoms with Crippen molar-refractivity contribution in [2.45, 2.75) is 13.0 Å². The van der Waals surface area contributed by atoms with Gasteiger partial charge in [-0.25, -0.2) is 4.79 Å². The molecule has 0 aliphatic carbocycles. The zero-order chi connectivity index (χ0) is 12.8. The van der Waals surface area contributed by atoms with E-state index in [-0.39, 0.29) is 6.61 Å². The van der Waals surface area contributed by atoms with Crippen molar-refractivity contribution in [3.8, 4) is 5.75 Å². The van der Waals surface area contributed by atoms with Crippen LogP contribution in [0.4, 0.5) is 0 Å². The maximum absolute atomic E-state index is 10.8. The lowest BCUT2D eigenvalue weighted by Gasteiger charge is -2.14. The second-order valence-corrected chi connectivity index (χ2v) is 3.68. The molecule has 1 aromatic rings. The number of carboxylic acid groups (broad SMARTS) is 1. The standard InChI is InChI=1S/C10H11ClN2O4/c1-6(14)13-9(10(15)16)5-17-8-2-7(11)3-12-4-8/h2-4,9H,5H2,1H3,(H,13,14)(H,15,16). The van der Waals surface area contributed by atoms with Crippen LogP contribution in [-0.4, -0.2) is 34.6 Å². The second-order valence-electron chi connectivity index (χ2n) is 3.24. The SMILES string of the molecule is CC(=O)NC(COc1cncc(Cl)c1)C(=O)O. The number of hydrogen-bond donors (Lipinski definition) is 2. The number of pyridine rings is 1. The number of ether oxygens (including phenoxy) is 1. The Labute approximate surface area is 103 Å². The van der Waals surface area contributed by atoms with Gasteiger partial charge in [0.05, 0.1) is 11.2 Å². The van der Waals surface area contributed by atoms with Crippen LogP contribution in [0.3, 0.4) is 0 Å². The summed E-state index contributed by atoms with van der Waals surface area (Å²) >= 11 is 5.68. The highest BCUT2D eigenvalue weighted by Crippen LogP contribution is 2.15. The summed E-state index contributed by atoms with van der Waals surface area (Å²) in [5.41, 5.74) is 0. The van der Waals surface area contributed by atoms with Crippen molar-refractivity contribution in [1.29, 1.82) is 0 Å². The fraction of sp³-hybridized carbons (Fsp3) is 0.300. The fourth-order valence-corrected chi connectivity index (χ4v) is 1.23. The van der Waals surface area contributed by atoms with Gasteiger partial charge in [0.1, 0.15) is 12.4 Å². The topological polar surface area (TPSA) is 88.5 Å². The van der Waals surface area contributed by atoms with Crippen LogP contribution in [0.1, 0.15) is 6.92 Å². The van der Waals surface area contributed by atoms with Crippen molar-refractivity contribution in [3.05, 3.63) is 23.5 Å². The normalized spacial score (nSPS) is 11.6. The Kier molecular flexibility index (Phi) is 4.71. The molecule has 0 aromatic carbocycles. The van der Waals surface area contributed by atoms with E-state index >= 15 is 0 Å². The lowest BCUT2D eigenvalue weighted by Crippen LogP contribution is -2.43. The predicted molar refractivity (Wildman–Crippen MR) is 60.0 cm³/mol. The van der Waals surface area contributed by atoms with Crippen molar-refractivity contribution in [1.82, 2.24) is 10.3 Å². The highest BCUT2D eigenvalue weighted by Gasteiger charge is 2.19. The number of carboxylic acids is 1. The van der Waals surface area contributed by atoms with Gasteiger partial charge in [-0.15, -0.1) is 0 Å². The number of rotatable bonds is 5. The maximum Gasteiger partial charge on any atom is 0.329 e. The van der Waals surface area contributed by atoms with Crippen LogP contribution in [0.15, 0.2) is 18.5 Å². The number of amides is 1. The largest absolute Gasteiger partial charge is 0.489 e. The molecule has 1 rings (SSSR count). The molecule has 0 fully saturated rings. The average molecular weight is 259 g/mol. The minimum Gasteiger partial charge on any atom is -0.489 e. The van der Waals surface area contributed by atoms with Gasteiger partial charge in [-0.1, -0.05) is 11.6 Å². The quantitative estimate of drug-likeness (QED) is 0.812. The van der Waals surface area contributed by atoms with E-state index < -0.39 is 17.9 Å². The van der Waals surface area contributed by atoms with Gasteiger partial charge in [0, 0.05) is 19.2 Å². The number of hydrogen-bond acceptors (Lipinski definition) is 4. The molecule has 6 nitrogen and oxygen atoms in total. The summed E-state index contributed by atoms with van der Waals surface area (Å²) in [6, 6.07) is 0.396. The van der Waals surface area contributed by atoms with Crippen molar-refractivity contribution >= 4 is 23.5 Å². The molecular formula is C10H11ClN2O4. The Morgan fingerprint density at radius 3 is 2.82 bits per heavy atom. The summed E-state index contributed by atoms with van der Waals surface area (Å²) < 4.78 is 5.17. The van der Waals surface area contributed by atoms with Gasteiger partial charge in [-0.2, -0.15) is 0 Å². The van der Waals surface area contributed by atoms with Crippen LogP contribution in [0.5, 0.6) is 5.75 Å². The lowest BCUT2D eigenvalue weighted by atomic mass is 10.3. The Bertz CT molecular complexity index is 425. The van der Waals surface area contributed by atoms with Crippen molar-refractivity contribution in [2.24, 2.45) is 0 Å². The first-order chi connectivity index (χ1) is 7.99. The number of nitrogens with one attached hydrogen (secondary N) is 1. The molecule has 1 atom stereocenters. The molecule has 0 spiro atoms. The summed E-state index contributed by atoms with van der Waals surface area (Å²) in [6.45, 7) is 1.04. The van der Waals surface area contributed by atoms with Crippen molar-refractivity contribution < 1.29 is 19.4 Å². The van der Waals surface area contributed by atoms with Crippen LogP contribution >= 0.6 is 11.6 Å². The highest BCUT2D eigenvalue weighted by atomic mass is 35.5. The van der Waals surface area contributed by atoms with Gasteiger partial charge in [-0.05, 0) is 0 Å². The summed E-state index contributed by atoms with van der Waals surface area (Å²) in [6.07, 6.45) is 2.83. The van der Waals surface area contributed by atoms with Crippen molar-refractivity contribution in [3.63, 3.8) is 0 Å². The number of halogens is 1. The highest BCUT2D eigenvalue weighted by molar-refractivity contribution is 6.30. The molecule has 0 saturated carbocycles. The van der Waals surface area contributed by atoms with Crippen LogP contribution in [0, 0.1) is 0 Å². The molecule has 2 N–H and O–H groups in total. The van der Waals surface area contributed by atoms with Crippen LogP contribution in [-0.2, 0) is 9.59 Å². The summed E-state index contributed by atoms with van der Waals surface area (Å²) in [7, 11) is 0. The van der Waals surface area contributed by atoms with Gasteiger partial charge < -0.3 is 15.2 Å². The fourth-order valence-electron chi connectivity index (χ4n) is 1.07. The van der Waals surface area contributed by atoms with E-state index in [0.29, 0.717) is 10.8 Å². The molecule has 92 valence electrons. The Balaban J connectivity index is 2.57. The first kappa shape index (κ1) is 13.2. The molecule has 0 aliphatic heterocycles. The van der Waals surface area contributed by atoms with E-state index in [1.54, 1.807) is 0 Å². The molecule has 0 bridgehead atoms. The van der Waals surface area contributed by atoms with Crippen LogP contribution < -0.4 is 10.1 Å². The zero-order valence-electron chi connectivity index (χ0n) is 9.01. The minimum atomic E-state index is -1.17. The molecule has 1 unspecified atom stereocenters. The Morgan fingerprint density at radius 2 is 2.29 bits per heavy atom. The maximum atomic E-state index is 10.8. The summed E-state index contributed by atoms with van der Waals surface area (Å²) in [5, 5.41) is 11.4. The van der Waals surface area contributed by atoms with Crippen LogP contribution in [0.2, 0.25) is 5.02 Å². The van der Waals surface area contributed by atoms with Gasteiger partial charge in [0.25, 0.3) is 0 Å². The second kappa shape index (κ2) is 6.05. The third-order valence-electron chi connectivity index (χ3n) is 1.77. The molecule has 0 radical (unpaired) electrons. The number of carbonyl (C=O) groups excluding carboxylic acids is 1. The van der Waals surface area contributed by atoms with E-state index in [9.17, 15) is 9.59 Å². The molecule has 1 amide bonds. The van der Waals surface area contributed by atoms with Gasteiger partial charge in [-0.3, -0.25) is 9.78 Å². The summed E-state index contributed by atoms with van der Waals surface area (Å²) in [5.74, 6) is -1.27. The molecule has 7 heteroatoms. The third-order valence-corrected chi connectivity index (χ3v) is 1.98. The van der Waals surface area contributed by atoms with Gasteiger partial charge in [0.15, 0.2) is 6.04 Å². The molecule has 0 aliphatic rings. The van der Waals surface area contributed by atoms with E-state index in [4.69, 9.17) is 21.4 Å². The smallest absolute Gasteiger partial charge is 0.329 e. The van der Waals surface area contributed by atoms with E-state index in [0.717, 1.165) is 0 Å². The average Bonchev–Trinajstić information content (AvgIpc) is 2.23. The lowest BCUT2D eigenvalue weighted by molar-refractivity contribution is -0.142. The zero-order valence-corrected chi connectivity index (χ0v) is 9.77. The van der Waals surface area contributed by atoms with Crippen LogP contribution in [0.25, 0.3) is 0 Å². The Morgan fingerprint density at radius 1 is 1.59 bits per heavy atom. The molecular weight excluding hydrogens is 248 g/mol. The van der Waals surface area contributed by atoms with E-state index in [1.807, 2.05) is 0 Å².